The van der Waals surface area contributed by atoms with E-state index in [9.17, 15) is 23.6 Å². The number of hydrogen-bond donors (Lipinski definition) is 1. The van der Waals surface area contributed by atoms with Crippen LogP contribution in [0.3, 0.4) is 0 Å². The number of aliphatic hydroxyl groups excluding tert-OH is 1. The third-order valence-electron chi connectivity index (χ3n) is 6.75. The fraction of sp³-hybridized carbons (Fsp3) is 0.462. The van der Waals surface area contributed by atoms with Crippen LogP contribution in [-0.4, -0.2) is 67.5 Å². The number of likely N-dealkylation sites (N-methyl/N-ethyl adjacent to an activating group) is 1. The first kappa shape index (κ1) is 25.2. The van der Waals surface area contributed by atoms with E-state index in [0.717, 1.165) is 18.4 Å². The molecule has 0 saturated heterocycles. The van der Waals surface area contributed by atoms with Gasteiger partial charge in [0.1, 0.15) is 16.7 Å². The van der Waals surface area contributed by atoms with Crippen molar-refractivity contribution in [3.05, 3.63) is 48.0 Å². The van der Waals surface area contributed by atoms with Gasteiger partial charge in [-0.1, -0.05) is 25.1 Å². The number of nitriles is 1. The summed E-state index contributed by atoms with van der Waals surface area (Å²) in [4.78, 5) is 14.3. The van der Waals surface area contributed by atoms with E-state index in [4.69, 9.17) is 4.74 Å². The average molecular weight is 498 g/mol. The highest BCUT2D eigenvalue weighted by Crippen LogP contribution is 2.37. The van der Waals surface area contributed by atoms with Crippen molar-refractivity contribution < 1.29 is 23.1 Å². The lowest BCUT2D eigenvalue weighted by Gasteiger charge is -2.37. The van der Waals surface area contributed by atoms with Crippen molar-refractivity contribution in [2.45, 2.75) is 43.7 Å². The smallest absolute Gasteiger partial charge is 0.247 e. The Morgan fingerprint density at radius 2 is 1.97 bits per heavy atom. The van der Waals surface area contributed by atoms with Crippen molar-refractivity contribution in [2.24, 2.45) is 11.8 Å². The molecule has 1 fully saturated rings. The van der Waals surface area contributed by atoms with Gasteiger partial charge < -0.3 is 14.7 Å². The average Bonchev–Trinajstić information content (AvgIpc) is 3.70. The summed E-state index contributed by atoms with van der Waals surface area (Å²) >= 11 is 0. The molecule has 186 valence electrons. The van der Waals surface area contributed by atoms with E-state index < -0.39 is 22.2 Å². The van der Waals surface area contributed by atoms with Crippen LogP contribution in [0.4, 0.5) is 0 Å². The Morgan fingerprint density at radius 3 is 2.63 bits per heavy atom. The highest BCUT2D eigenvalue weighted by atomic mass is 32.2. The van der Waals surface area contributed by atoms with Gasteiger partial charge in [-0.3, -0.25) is 4.79 Å². The van der Waals surface area contributed by atoms with Crippen LogP contribution in [0.1, 0.15) is 32.3 Å². The molecule has 2 aromatic carbocycles. The minimum atomic E-state index is -3.95. The lowest BCUT2D eigenvalue weighted by Crippen LogP contribution is -2.50. The zero-order valence-electron chi connectivity index (χ0n) is 20.2. The van der Waals surface area contributed by atoms with Crippen molar-refractivity contribution >= 4 is 15.9 Å². The summed E-state index contributed by atoms with van der Waals surface area (Å²) in [5, 5.41) is 19.1. The number of nitrogens with zero attached hydrogens (tertiary/aromatic N) is 3. The zero-order valence-corrected chi connectivity index (χ0v) is 21.0. The first-order chi connectivity index (χ1) is 16.6. The number of benzene rings is 2. The molecule has 1 heterocycles. The second-order valence-corrected chi connectivity index (χ2v) is 11.4. The molecule has 0 spiro atoms. The van der Waals surface area contributed by atoms with Crippen LogP contribution in [0.5, 0.6) is 5.75 Å². The van der Waals surface area contributed by atoms with Gasteiger partial charge in [-0.2, -0.15) is 9.57 Å². The monoisotopic (exact) mass is 497 g/mol. The van der Waals surface area contributed by atoms with Crippen LogP contribution in [0, 0.1) is 23.2 Å². The van der Waals surface area contributed by atoms with E-state index in [-0.39, 0.29) is 41.5 Å². The van der Waals surface area contributed by atoms with Crippen molar-refractivity contribution in [3.8, 4) is 22.9 Å². The topological polar surface area (TPSA) is 111 Å². The number of rotatable bonds is 6. The predicted molar refractivity (Wildman–Crippen MR) is 131 cm³/mol. The Balaban J connectivity index is 1.78. The molecule has 1 saturated carbocycles. The van der Waals surface area contributed by atoms with E-state index in [0.29, 0.717) is 17.7 Å². The quantitative estimate of drug-likeness (QED) is 0.657. The molecule has 1 N–H and O–H groups in total. The lowest BCUT2D eigenvalue weighted by atomic mass is 10.0. The van der Waals surface area contributed by atoms with Crippen molar-refractivity contribution in [1.82, 2.24) is 9.21 Å². The highest BCUT2D eigenvalue weighted by Gasteiger charge is 2.39. The van der Waals surface area contributed by atoms with Crippen molar-refractivity contribution in [1.29, 1.82) is 5.26 Å². The molecule has 9 heteroatoms. The Kier molecular flexibility index (Phi) is 7.17. The lowest BCUT2D eigenvalue weighted by molar-refractivity contribution is -0.132. The van der Waals surface area contributed by atoms with Gasteiger partial charge >= 0.3 is 0 Å². The zero-order chi connectivity index (χ0) is 25.3. The van der Waals surface area contributed by atoms with Crippen molar-refractivity contribution in [3.63, 3.8) is 0 Å². The van der Waals surface area contributed by atoms with Gasteiger partial charge in [0.2, 0.25) is 15.9 Å². The van der Waals surface area contributed by atoms with Gasteiger partial charge in [0.05, 0.1) is 24.8 Å². The number of sulfonamides is 1. The first-order valence-electron chi connectivity index (χ1n) is 11.8. The maximum absolute atomic E-state index is 13.6. The van der Waals surface area contributed by atoms with Crippen LogP contribution >= 0.6 is 0 Å². The summed E-state index contributed by atoms with van der Waals surface area (Å²) in [6.07, 6.45) is 1.35. The molecular formula is C26H31N3O5S. The number of ether oxygens (including phenoxy) is 1. The van der Waals surface area contributed by atoms with Crippen LogP contribution in [0.15, 0.2) is 47.4 Å². The van der Waals surface area contributed by atoms with Gasteiger partial charge in [-0.05, 0) is 55.2 Å². The molecule has 0 bridgehead atoms. The molecule has 35 heavy (non-hydrogen) atoms. The van der Waals surface area contributed by atoms with Crippen molar-refractivity contribution in [2.75, 3.05) is 26.7 Å². The molecule has 2 aromatic rings. The van der Waals surface area contributed by atoms with E-state index in [1.54, 1.807) is 49.2 Å². The second-order valence-electron chi connectivity index (χ2n) is 9.59. The number of amides is 1. The number of fused-ring (bicyclic) bond motifs is 1. The second kappa shape index (κ2) is 9.97. The molecule has 0 radical (unpaired) electrons. The van der Waals surface area contributed by atoms with Crippen LogP contribution in [0.2, 0.25) is 0 Å². The Hall–Kier alpha value is -2.93. The maximum Gasteiger partial charge on any atom is 0.247 e. The fourth-order valence-electron chi connectivity index (χ4n) is 4.39. The minimum Gasteiger partial charge on any atom is -0.487 e. The Labute approximate surface area is 206 Å². The van der Waals surface area contributed by atoms with E-state index >= 15 is 0 Å². The number of carbonyl (C=O) groups excluding carboxylic acids is 1. The first-order valence-corrected chi connectivity index (χ1v) is 13.3. The summed E-state index contributed by atoms with van der Waals surface area (Å²) in [7, 11) is -2.20. The molecule has 1 aliphatic carbocycles. The number of carbonyl (C=O) groups is 1. The van der Waals surface area contributed by atoms with Crippen LogP contribution in [0.25, 0.3) is 11.1 Å². The van der Waals surface area contributed by atoms with Gasteiger partial charge in [0.25, 0.3) is 0 Å². The predicted octanol–water partition coefficient (Wildman–Crippen LogP) is 2.86. The molecule has 1 amide bonds. The third-order valence-corrected chi connectivity index (χ3v) is 8.77. The summed E-state index contributed by atoms with van der Waals surface area (Å²) < 4.78 is 34.9. The van der Waals surface area contributed by atoms with Crippen LogP contribution in [-0.2, 0) is 14.8 Å². The van der Waals surface area contributed by atoms with Crippen LogP contribution < -0.4 is 4.74 Å². The number of hydrogen-bond acceptors (Lipinski definition) is 6. The standard InChI is InChI=1S/C26H31N3O5S/c1-17-14-29(18(2)16-30)35(32,33)25-10-9-22(21-6-4-5-19(11-21)13-27)12-23(25)34-24(17)15-28(3)26(31)20-7-8-20/h4-6,9-12,17-18,20,24,30H,7-8,14-16H2,1-3H3/t17-,18+,24-/m0/s1. The molecule has 3 atom stereocenters. The highest BCUT2D eigenvalue weighted by molar-refractivity contribution is 7.89. The van der Waals surface area contributed by atoms with Gasteiger partial charge in [0.15, 0.2) is 0 Å². The normalized spacial score (nSPS) is 22.6. The molecule has 0 aromatic heterocycles. The van der Waals surface area contributed by atoms with Gasteiger partial charge in [-0.25, -0.2) is 8.42 Å². The molecule has 4 rings (SSSR count). The van der Waals surface area contributed by atoms with E-state index in [1.165, 1.54) is 10.4 Å². The summed E-state index contributed by atoms with van der Waals surface area (Å²) in [6, 6.07) is 13.5. The fourth-order valence-corrected chi connectivity index (χ4v) is 6.22. The summed E-state index contributed by atoms with van der Waals surface area (Å²) in [5.41, 5.74) is 1.98. The third kappa shape index (κ3) is 5.20. The SMILES string of the molecule is C[C@H](CO)N1C[C@H](C)[C@H](CN(C)C(=O)C2CC2)Oc2cc(-c3cccc(C#N)c3)ccc2S1(=O)=O. The summed E-state index contributed by atoms with van der Waals surface area (Å²) in [6.45, 7) is 3.74. The largest absolute Gasteiger partial charge is 0.487 e. The molecular weight excluding hydrogens is 466 g/mol. The molecule has 8 nitrogen and oxygen atoms in total. The van der Waals surface area contributed by atoms with Gasteiger partial charge in [0, 0.05) is 31.5 Å². The maximum atomic E-state index is 13.6. The Bertz CT molecular complexity index is 1250. The molecule has 0 unspecified atom stereocenters. The Morgan fingerprint density at radius 1 is 1.26 bits per heavy atom. The van der Waals surface area contributed by atoms with Gasteiger partial charge in [-0.15, -0.1) is 0 Å². The molecule has 2 aliphatic rings. The summed E-state index contributed by atoms with van der Waals surface area (Å²) in [5.74, 6) is 0.107. The number of aliphatic hydroxyl groups is 1. The minimum absolute atomic E-state index is 0.0195. The van der Waals surface area contributed by atoms with E-state index in [2.05, 4.69) is 6.07 Å². The molecule has 1 aliphatic heterocycles. The van der Waals surface area contributed by atoms with E-state index in [1.807, 2.05) is 13.0 Å².